The van der Waals surface area contributed by atoms with E-state index in [1.807, 2.05) is 35.2 Å². The van der Waals surface area contributed by atoms with E-state index >= 15 is 0 Å². The van der Waals surface area contributed by atoms with Crippen LogP contribution in [0.25, 0.3) is 0 Å². The summed E-state index contributed by atoms with van der Waals surface area (Å²) < 4.78 is 0. The number of hydrogen-bond acceptors (Lipinski definition) is 2. The molecule has 3 rings (SSSR count). The van der Waals surface area contributed by atoms with Gasteiger partial charge in [0.2, 0.25) is 5.91 Å². The number of carbonyl (C=O) groups excluding carboxylic acids is 1. The molecule has 0 radical (unpaired) electrons. The summed E-state index contributed by atoms with van der Waals surface area (Å²) in [5, 5.41) is 10.6. The number of piperidine rings is 1. The third-order valence-corrected chi connectivity index (χ3v) is 6.71. The van der Waals surface area contributed by atoms with Crippen LogP contribution in [0, 0.1) is 22.7 Å². The van der Waals surface area contributed by atoms with Crippen molar-refractivity contribution < 1.29 is 9.90 Å². The molecule has 1 unspecified atom stereocenters. The first kappa shape index (κ1) is 16.5. The molecule has 126 valence electrons. The van der Waals surface area contributed by atoms with E-state index < -0.39 is 6.10 Å². The van der Waals surface area contributed by atoms with Gasteiger partial charge >= 0.3 is 0 Å². The maximum Gasteiger partial charge on any atom is 0.226 e. The van der Waals surface area contributed by atoms with Crippen LogP contribution in [0.2, 0.25) is 0 Å². The quantitative estimate of drug-likeness (QED) is 0.925. The molecule has 1 saturated heterocycles. The number of carbonyl (C=O) groups is 1. The van der Waals surface area contributed by atoms with Crippen LogP contribution in [0.15, 0.2) is 30.3 Å². The van der Waals surface area contributed by atoms with Crippen LogP contribution in [0.5, 0.6) is 0 Å². The van der Waals surface area contributed by atoms with Gasteiger partial charge in [0, 0.05) is 19.0 Å². The zero-order valence-electron chi connectivity index (χ0n) is 14.7. The van der Waals surface area contributed by atoms with E-state index in [0.717, 1.165) is 31.5 Å². The fraction of sp³-hybridized carbons (Fsp3) is 0.650. The molecule has 0 bridgehead atoms. The molecule has 0 spiro atoms. The van der Waals surface area contributed by atoms with Gasteiger partial charge in [-0.1, -0.05) is 58.0 Å². The summed E-state index contributed by atoms with van der Waals surface area (Å²) >= 11 is 0. The molecule has 1 aromatic carbocycles. The van der Waals surface area contributed by atoms with Crippen molar-refractivity contribution in [2.45, 2.75) is 46.6 Å². The molecule has 1 atom stereocenters. The van der Waals surface area contributed by atoms with E-state index in [1.165, 1.54) is 0 Å². The smallest absolute Gasteiger partial charge is 0.226 e. The molecule has 0 aromatic heterocycles. The summed E-state index contributed by atoms with van der Waals surface area (Å²) in [4.78, 5) is 14.8. The van der Waals surface area contributed by atoms with Crippen LogP contribution in [-0.4, -0.2) is 29.0 Å². The lowest BCUT2D eigenvalue weighted by molar-refractivity contribution is -0.135. The standard InChI is InChI=1S/C20H29NO2/c1-19(2)17(20(19,3)4)18(23)21-12-10-15(11-13-21)16(22)14-8-6-5-7-9-14/h5-9,15-17,22H,10-13H2,1-4H3. The van der Waals surface area contributed by atoms with Crippen LogP contribution in [0.3, 0.4) is 0 Å². The first-order chi connectivity index (χ1) is 10.8. The lowest BCUT2D eigenvalue weighted by Gasteiger charge is -2.35. The topological polar surface area (TPSA) is 40.5 Å². The molecule has 1 aliphatic carbocycles. The van der Waals surface area contributed by atoms with E-state index in [0.29, 0.717) is 5.91 Å². The summed E-state index contributed by atoms with van der Waals surface area (Å²) in [6.07, 6.45) is 1.35. The minimum absolute atomic E-state index is 0.102. The van der Waals surface area contributed by atoms with Crippen molar-refractivity contribution in [3.05, 3.63) is 35.9 Å². The second-order valence-electron chi connectivity index (χ2n) is 8.39. The molecule has 3 nitrogen and oxygen atoms in total. The number of likely N-dealkylation sites (tertiary alicyclic amines) is 1. The third kappa shape index (κ3) is 2.69. The maximum absolute atomic E-state index is 12.8. The van der Waals surface area contributed by atoms with Gasteiger partial charge in [0.1, 0.15) is 0 Å². The van der Waals surface area contributed by atoms with Crippen molar-refractivity contribution in [2.24, 2.45) is 22.7 Å². The van der Waals surface area contributed by atoms with Crippen molar-refractivity contribution in [1.29, 1.82) is 0 Å². The molecule has 1 aromatic rings. The number of benzene rings is 1. The number of hydrogen-bond donors (Lipinski definition) is 1. The van der Waals surface area contributed by atoms with Crippen LogP contribution in [0.1, 0.15) is 52.2 Å². The van der Waals surface area contributed by atoms with Crippen molar-refractivity contribution in [1.82, 2.24) is 4.90 Å². The Balaban J connectivity index is 1.58. The van der Waals surface area contributed by atoms with Crippen molar-refractivity contribution in [3.63, 3.8) is 0 Å². The van der Waals surface area contributed by atoms with E-state index in [2.05, 4.69) is 27.7 Å². The zero-order chi connectivity index (χ0) is 16.8. The summed E-state index contributed by atoms with van der Waals surface area (Å²) in [6, 6.07) is 9.87. The normalized spacial score (nSPS) is 25.2. The van der Waals surface area contributed by atoms with Gasteiger partial charge in [-0.15, -0.1) is 0 Å². The Kier molecular flexibility index (Phi) is 4.04. The minimum atomic E-state index is -0.415. The van der Waals surface area contributed by atoms with Gasteiger partial charge in [-0.05, 0) is 35.2 Å². The Hall–Kier alpha value is -1.35. The highest BCUT2D eigenvalue weighted by atomic mass is 16.3. The number of aliphatic hydroxyl groups is 1. The van der Waals surface area contributed by atoms with E-state index in [9.17, 15) is 9.90 Å². The van der Waals surface area contributed by atoms with Crippen LogP contribution in [0.4, 0.5) is 0 Å². The fourth-order valence-corrected chi connectivity index (χ4v) is 4.35. The summed E-state index contributed by atoms with van der Waals surface area (Å²) in [5.74, 6) is 0.708. The third-order valence-electron chi connectivity index (χ3n) is 6.71. The highest BCUT2D eigenvalue weighted by molar-refractivity contribution is 5.84. The zero-order valence-corrected chi connectivity index (χ0v) is 14.7. The van der Waals surface area contributed by atoms with Crippen molar-refractivity contribution >= 4 is 5.91 Å². The van der Waals surface area contributed by atoms with Crippen LogP contribution >= 0.6 is 0 Å². The average molecular weight is 315 g/mol. The predicted octanol–water partition coefficient (Wildman–Crippen LogP) is 3.64. The SMILES string of the molecule is CC1(C)C(C(=O)N2CCC(C(O)c3ccccc3)CC2)C1(C)C. The predicted molar refractivity (Wildman–Crippen MR) is 91.8 cm³/mol. The highest BCUT2D eigenvalue weighted by Crippen LogP contribution is 2.68. The minimum Gasteiger partial charge on any atom is -0.388 e. The van der Waals surface area contributed by atoms with Gasteiger partial charge in [0.15, 0.2) is 0 Å². The molecule has 1 aliphatic heterocycles. The second kappa shape index (κ2) is 5.62. The number of rotatable bonds is 3. The number of aliphatic hydroxyl groups excluding tert-OH is 1. The molecule has 3 heteroatoms. The number of nitrogens with zero attached hydrogens (tertiary/aromatic N) is 1. The van der Waals surface area contributed by atoms with Crippen LogP contribution < -0.4 is 0 Å². The highest BCUT2D eigenvalue weighted by Gasteiger charge is 2.68. The largest absolute Gasteiger partial charge is 0.388 e. The van der Waals surface area contributed by atoms with Gasteiger partial charge in [-0.3, -0.25) is 4.79 Å². The molecule has 2 fully saturated rings. The summed E-state index contributed by atoms with van der Waals surface area (Å²) in [7, 11) is 0. The van der Waals surface area contributed by atoms with E-state index in [1.54, 1.807) is 0 Å². The van der Waals surface area contributed by atoms with Gasteiger partial charge in [0.25, 0.3) is 0 Å². The lowest BCUT2D eigenvalue weighted by atomic mass is 9.87. The average Bonchev–Trinajstić information content (AvgIpc) is 2.96. The second-order valence-corrected chi connectivity index (χ2v) is 8.39. The molecule has 1 N–H and O–H groups in total. The maximum atomic E-state index is 12.8. The molecule has 1 heterocycles. The molecular formula is C20H29NO2. The van der Waals surface area contributed by atoms with Crippen LogP contribution in [-0.2, 0) is 4.79 Å². The molecular weight excluding hydrogens is 286 g/mol. The van der Waals surface area contributed by atoms with Gasteiger partial charge in [-0.25, -0.2) is 0 Å². The van der Waals surface area contributed by atoms with E-state index in [-0.39, 0.29) is 22.7 Å². The number of amides is 1. The Morgan fingerprint density at radius 2 is 1.61 bits per heavy atom. The van der Waals surface area contributed by atoms with E-state index in [4.69, 9.17) is 0 Å². The lowest BCUT2D eigenvalue weighted by Crippen LogP contribution is -2.41. The Bertz CT molecular complexity index is 557. The first-order valence-electron chi connectivity index (χ1n) is 8.78. The van der Waals surface area contributed by atoms with Gasteiger partial charge < -0.3 is 10.0 Å². The molecule has 1 amide bonds. The molecule has 23 heavy (non-hydrogen) atoms. The van der Waals surface area contributed by atoms with Gasteiger partial charge in [0.05, 0.1) is 6.10 Å². The summed E-state index contributed by atoms with van der Waals surface area (Å²) in [6.45, 7) is 10.3. The molecule has 2 aliphatic rings. The van der Waals surface area contributed by atoms with Crippen molar-refractivity contribution in [3.8, 4) is 0 Å². The van der Waals surface area contributed by atoms with Crippen molar-refractivity contribution in [2.75, 3.05) is 13.1 Å². The molecule has 1 saturated carbocycles. The Labute approximate surface area is 139 Å². The van der Waals surface area contributed by atoms with Gasteiger partial charge in [-0.2, -0.15) is 0 Å². The monoisotopic (exact) mass is 315 g/mol. The Morgan fingerprint density at radius 1 is 1.09 bits per heavy atom. The fourth-order valence-electron chi connectivity index (χ4n) is 4.35. The summed E-state index contributed by atoms with van der Waals surface area (Å²) in [5.41, 5.74) is 1.19. The Morgan fingerprint density at radius 3 is 2.09 bits per heavy atom. The first-order valence-corrected chi connectivity index (χ1v) is 8.78.